The zero-order valence-corrected chi connectivity index (χ0v) is 17.8. The van der Waals surface area contributed by atoms with Gasteiger partial charge in [0.2, 0.25) is 16.4 Å². The largest absolute Gasteiger partial charge is 0.382 e. The van der Waals surface area contributed by atoms with Gasteiger partial charge in [0.05, 0.1) is 18.0 Å². The Hall–Kier alpha value is -3.66. The average Bonchev–Trinajstić information content (AvgIpc) is 2.72. The molecule has 1 amide bonds. The fourth-order valence-electron chi connectivity index (χ4n) is 3.26. The average molecular weight is 442 g/mol. The molecule has 1 aromatic carbocycles. The second-order valence-electron chi connectivity index (χ2n) is 7.01. The van der Waals surface area contributed by atoms with E-state index in [2.05, 4.69) is 21.6 Å². The Morgan fingerprint density at radius 1 is 1.23 bits per heavy atom. The first-order valence-electron chi connectivity index (χ1n) is 9.39. The smallest absolute Gasteiger partial charge is 0.279 e. The zero-order chi connectivity index (χ0) is 22.6. The Kier molecular flexibility index (Phi) is 6.40. The van der Waals surface area contributed by atoms with Crippen LogP contribution >= 0.6 is 0 Å². The van der Waals surface area contributed by atoms with Gasteiger partial charge in [0.25, 0.3) is 5.56 Å². The third-order valence-corrected chi connectivity index (χ3v) is 5.97. The van der Waals surface area contributed by atoms with Crippen LogP contribution in [0.15, 0.2) is 70.0 Å². The van der Waals surface area contributed by atoms with E-state index >= 15 is 0 Å². The highest BCUT2D eigenvalue weighted by molar-refractivity contribution is 7.91. The molecule has 0 saturated carbocycles. The number of rotatable bonds is 8. The first-order chi connectivity index (χ1) is 14.7. The third kappa shape index (κ3) is 4.92. The number of nitrogens with two attached hydrogens (primary N) is 1. The lowest BCUT2D eigenvalue weighted by Gasteiger charge is -2.24. The summed E-state index contributed by atoms with van der Waals surface area (Å²) in [6.07, 6.45) is 0.531. The van der Waals surface area contributed by atoms with E-state index in [0.717, 1.165) is 0 Å². The van der Waals surface area contributed by atoms with Gasteiger partial charge in [-0.15, -0.1) is 0 Å². The second-order valence-corrected chi connectivity index (χ2v) is 8.73. The Balaban J connectivity index is 2.06. The van der Waals surface area contributed by atoms with E-state index in [1.54, 1.807) is 43.3 Å². The van der Waals surface area contributed by atoms with Crippen LogP contribution in [0.2, 0.25) is 0 Å². The van der Waals surface area contributed by atoms with E-state index in [-0.39, 0.29) is 36.1 Å². The number of carbonyl (C=O) groups is 1. The van der Waals surface area contributed by atoms with Gasteiger partial charge in [0.15, 0.2) is 0 Å². The molecule has 0 radical (unpaired) electrons. The van der Waals surface area contributed by atoms with Crippen molar-refractivity contribution in [2.75, 3.05) is 17.8 Å². The Morgan fingerprint density at radius 3 is 2.61 bits per heavy atom. The van der Waals surface area contributed by atoms with Crippen LogP contribution in [0.5, 0.6) is 0 Å². The molecule has 4 N–H and O–H groups in total. The maximum absolute atomic E-state index is 13.3. The van der Waals surface area contributed by atoms with Gasteiger partial charge in [-0.05, 0) is 30.2 Å². The van der Waals surface area contributed by atoms with Crippen LogP contribution in [0, 0.1) is 6.92 Å². The summed E-state index contributed by atoms with van der Waals surface area (Å²) < 4.78 is 28.9. The third-order valence-electron chi connectivity index (χ3n) is 4.72. The molecule has 3 rings (SSSR count). The van der Waals surface area contributed by atoms with Crippen molar-refractivity contribution in [2.45, 2.75) is 12.7 Å². The van der Waals surface area contributed by atoms with Crippen LogP contribution < -0.4 is 21.3 Å². The number of nitrogens with one attached hydrogen (secondary N) is 2. The van der Waals surface area contributed by atoms with E-state index in [1.165, 1.54) is 10.6 Å². The lowest BCUT2D eigenvalue weighted by molar-refractivity contribution is -0.109. The number of aliphatic imine (C=N–C) groups is 1. The number of amides is 1. The number of dihydropyridines is 1. The van der Waals surface area contributed by atoms with Crippen LogP contribution in [0.4, 0.5) is 5.69 Å². The van der Waals surface area contributed by atoms with Crippen molar-refractivity contribution in [3.63, 3.8) is 0 Å². The number of aromatic nitrogens is 1. The quantitative estimate of drug-likeness (QED) is 0.525. The van der Waals surface area contributed by atoms with Crippen molar-refractivity contribution in [1.82, 2.24) is 9.88 Å². The summed E-state index contributed by atoms with van der Waals surface area (Å²) >= 11 is 0. The molecule has 2 heterocycles. The van der Waals surface area contributed by atoms with Gasteiger partial charge in [-0.1, -0.05) is 36.9 Å². The van der Waals surface area contributed by atoms with Crippen molar-refractivity contribution in [1.29, 1.82) is 0 Å². The number of carbonyl (C=O) groups excluding carboxylic acids is 1. The summed E-state index contributed by atoms with van der Waals surface area (Å²) in [5.41, 5.74) is 7.89. The fraction of sp³-hybridized carbons (Fsp3) is 0.190. The number of hydrogen-bond donors (Lipinski definition) is 3. The van der Waals surface area contributed by atoms with Crippen LogP contribution in [0.25, 0.3) is 5.70 Å². The number of sulfonamides is 1. The molecule has 162 valence electrons. The molecule has 1 aliphatic rings. The molecule has 31 heavy (non-hydrogen) atoms. The molecule has 0 fully saturated rings. The summed E-state index contributed by atoms with van der Waals surface area (Å²) in [5, 5.41) is 2.55. The number of nitrogens with zero attached hydrogens (tertiary/aromatic N) is 2. The number of pyridine rings is 1. The standard InChI is InChI=1S/C21H23N5O4S/c1-14-10-24-20(22)19(17(14)11-23-13-27)26-15(2)8-9-18(21(26)28)25-31(29,30)12-16-6-4-3-5-7-16/h3-9,13,25H,1,10-12H2,2H3,(H2,22,24)(H,23,27). The molecule has 1 aromatic heterocycles. The molecule has 0 unspecified atom stereocenters. The Labute approximate surface area is 180 Å². The van der Waals surface area contributed by atoms with Gasteiger partial charge in [0, 0.05) is 17.8 Å². The van der Waals surface area contributed by atoms with Gasteiger partial charge in [-0.2, -0.15) is 0 Å². The minimum atomic E-state index is -3.84. The van der Waals surface area contributed by atoms with Gasteiger partial charge in [-0.25, -0.2) is 8.42 Å². The molecule has 0 bridgehead atoms. The van der Waals surface area contributed by atoms with Crippen LogP contribution in [-0.4, -0.2) is 38.3 Å². The molecule has 9 nitrogen and oxygen atoms in total. The normalized spacial score (nSPS) is 14.2. The minimum absolute atomic E-state index is 0.101. The number of benzene rings is 1. The van der Waals surface area contributed by atoms with E-state index in [9.17, 15) is 18.0 Å². The Morgan fingerprint density at radius 2 is 1.94 bits per heavy atom. The van der Waals surface area contributed by atoms with Gasteiger partial charge in [0.1, 0.15) is 11.5 Å². The molecule has 2 aromatic rings. The molecule has 10 heteroatoms. The summed E-state index contributed by atoms with van der Waals surface area (Å²) in [6.45, 7) is 5.97. The van der Waals surface area contributed by atoms with Gasteiger partial charge in [-0.3, -0.25) is 23.9 Å². The summed E-state index contributed by atoms with van der Waals surface area (Å²) in [7, 11) is -3.84. The Bertz CT molecular complexity index is 1240. The van der Waals surface area contributed by atoms with Crippen molar-refractivity contribution in [3.8, 4) is 0 Å². The topological polar surface area (TPSA) is 136 Å². The molecule has 1 aliphatic heterocycles. The summed E-state index contributed by atoms with van der Waals surface area (Å²) in [5.74, 6) is -0.178. The number of hydrogen-bond acceptors (Lipinski definition) is 6. The first kappa shape index (κ1) is 22.0. The minimum Gasteiger partial charge on any atom is -0.382 e. The van der Waals surface area contributed by atoms with Crippen LogP contribution in [0.3, 0.4) is 0 Å². The van der Waals surface area contributed by atoms with E-state index < -0.39 is 15.6 Å². The number of amidine groups is 1. The summed E-state index contributed by atoms with van der Waals surface area (Å²) in [4.78, 5) is 28.3. The predicted molar refractivity (Wildman–Crippen MR) is 121 cm³/mol. The van der Waals surface area contributed by atoms with Crippen LogP contribution in [-0.2, 0) is 20.6 Å². The zero-order valence-electron chi connectivity index (χ0n) is 17.0. The highest BCUT2D eigenvalue weighted by Gasteiger charge is 2.24. The maximum atomic E-state index is 13.3. The molecule has 0 aliphatic carbocycles. The number of anilines is 1. The second kappa shape index (κ2) is 9.00. The van der Waals surface area contributed by atoms with Crippen molar-refractivity contribution in [3.05, 3.63) is 81.8 Å². The first-order valence-corrected chi connectivity index (χ1v) is 11.0. The van der Waals surface area contributed by atoms with E-state index in [1.807, 2.05) is 0 Å². The highest BCUT2D eigenvalue weighted by atomic mass is 32.2. The van der Waals surface area contributed by atoms with E-state index in [0.29, 0.717) is 28.8 Å². The van der Waals surface area contributed by atoms with Crippen LogP contribution in [0.1, 0.15) is 11.3 Å². The van der Waals surface area contributed by atoms with Crippen molar-refractivity contribution < 1.29 is 13.2 Å². The predicted octanol–water partition coefficient (Wildman–Crippen LogP) is 0.983. The molecule has 0 spiro atoms. The molecule has 0 saturated heterocycles. The number of aryl methyl sites for hydroxylation is 1. The maximum Gasteiger partial charge on any atom is 0.279 e. The molecular formula is C21H23N5O4S. The van der Waals surface area contributed by atoms with Crippen molar-refractivity contribution in [2.24, 2.45) is 10.7 Å². The highest BCUT2D eigenvalue weighted by Crippen LogP contribution is 2.23. The van der Waals surface area contributed by atoms with Crippen molar-refractivity contribution >= 4 is 33.7 Å². The van der Waals surface area contributed by atoms with Gasteiger partial charge >= 0.3 is 0 Å². The SMILES string of the molecule is C=C1CN=C(N)C(n2c(C)ccc(NS(=O)(=O)Cc3ccccc3)c2=O)=C1CNC=O. The van der Waals surface area contributed by atoms with Gasteiger partial charge < -0.3 is 11.1 Å². The molecule has 0 atom stereocenters. The lowest BCUT2D eigenvalue weighted by atomic mass is 10.0. The fourth-order valence-corrected chi connectivity index (χ4v) is 4.45. The summed E-state index contributed by atoms with van der Waals surface area (Å²) in [6, 6.07) is 11.7. The molecular weight excluding hydrogens is 418 g/mol. The lowest BCUT2D eigenvalue weighted by Crippen LogP contribution is -2.35. The van der Waals surface area contributed by atoms with E-state index in [4.69, 9.17) is 5.73 Å². The monoisotopic (exact) mass is 441 g/mol.